The van der Waals surface area contributed by atoms with Crippen LogP contribution in [0.3, 0.4) is 0 Å². The third-order valence-corrected chi connectivity index (χ3v) is 2.42. The number of carbonyl (C=O) groups is 1. The summed E-state index contributed by atoms with van der Waals surface area (Å²) in [5, 5.41) is 17.1. The van der Waals surface area contributed by atoms with E-state index in [-0.39, 0.29) is 5.75 Å². The zero-order valence-electron chi connectivity index (χ0n) is 6.73. The fourth-order valence-corrected chi connectivity index (χ4v) is 1.55. The molecule has 1 aromatic carbocycles. The van der Waals surface area contributed by atoms with E-state index in [1.807, 2.05) is 6.07 Å². The molecule has 0 heterocycles. The average molecular weight is 193 g/mol. The van der Waals surface area contributed by atoms with Gasteiger partial charge in [-0.1, -0.05) is 12.1 Å². The summed E-state index contributed by atoms with van der Waals surface area (Å²) in [5.41, 5.74) is 0.522. The number of carboxylic acid groups (broad SMARTS) is 1. The van der Waals surface area contributed by atoms with Gasteiger partial charge in [0.25, 0.3) is 0 Å². The smallest absolute Gasteiger partial charge is 0.313 e. The number of carboxylic acids is 1. The Hall–Kier alpha value is -1.47. The molecule has 1 N–H and O–H groups in total. The van der Waals surface area contributed by atoms with Crippen molar-refractivity contribution in [2.75, 3.05) is 5.75 Å². The van der Waals surface area contributed by atoms with Gasteiger partial charge in [-0.25, -0.2) is 0 Å². The van der Waals surface area contributed by atoms with E-state index in [9.17, 15) is 4.79 Å². The van der Waals surface area contributed by atoms with Gasteiger partial charge in [0.15, 0.2) is 0 Å². The van der Waals surface area contributed by atoms with Crippen LogP contribution in [-0.4, -0.2) is 16.8 Å². The quantitative estimate of drug-likeness (QED) is 0.743. The van der Waals surface area contributed by atoms with Crippen LogP contribution in [0, 0.1) is 11.3 Å². The molecule has 1 rings (SSSR count). The molecule has 0 saturated carbocycles. The SMILES string of the molecule is N#Cc1ccccc1SCC(=O)O. The predicted octanol–water partition coefficient (Wildman–Crippen LogP) is 1.73. The number of nitriles is 1. The van der Waals surface area contributed by atoms with Gasteiger partial charge in [0, 0.05) is 4.90 Å². The Morgan fingerprint density at radius 3 is 2.85 bits per heavy atom. The molecule has 0 aliphatic heterocycles. The van der Waals surface area contributed by atoms with Gasteiger partial charge >= 0.3 is 5.97 Å². The van der Waals surface area contributed by atoms with E-state index in [2.05, 4.69) is 0 Å². The number of rotatable bonds is 3. The zero-order valence-corrected chi connectivity index (χ0v) is 7.54. The van der Waals surface area contributed by atoms with Crippen LogP contribution in [0.2, 0.25) is 0 Å². The summed E-state index contributed by atoms with van der Waals surface area (Å²) in [4.78, 5) is 11.0. The van der Waals surface area contributed by atoms with Crippen LogP contribution in [0.15, 0.2) is 29.2 Å². The number of benzene rings is 1. The van der Waals surface area contributed by atoms with Crippen molar-refractivity contribution in [3.05, 3.63) is 29.8 Å². The molecule has 0 atom stereocenters. The molecule has 0 aliphatic rings. The first-order chi connectivity index (χ1) is 6.24. The van der Waals surface area contributed by atoms with Crippen LogP contribution >= 0.6 is 11.8 Å². The molecular formula is C9H7NO2S. The maximum Gasteiger partial charge on any atom is 0.313 e. The van der Waals surface area contributed by atoms with Crippen LogP contribution in [-0.2, 0) is 4.79 Å². The van der Waals surface area contributed by atoms with Gasteiger partial charge in [-0.15, -0.1) is 11.8 Å². The lowest BCUT2D eigenvalue weighted by Gasteiger charge is -1.99. The molecule has 0 aromatic heterocycles. The largest absolute Gasteiger partial charge is 0.481 e. The fourth-order valence-electron chi connectivity index (χ4n) is 0.824. The van der Waals surface area contributed by atoms with Crippen LogP contribution in [0.25, 0.3) is 0 Å². The zero-order chi connectivity index (χ0) is 9.68. The number of thioether (sulfide) groups is 1. The topological polar surface area (TPSA) is 61.1 Å². The molecular weight excluding hydrogens is 186 g/mol. The van der Waals surface area contributed by atoms with E-state index < -0.39 is 5.97 Å². The lowest BCUT2D eigenvalue weighted by atomic mass is 10.2. The first kappa shape index (κ1) is 9.62. The molecule has 0 saturated heterocycles. The van der Waals surface area contributed by atoms with Crippen molar-refractivity contribution in [1.82, 2.24) is 0 Å². The Bertz CT molecular complexity index is 357. The highest BCUT2D eigenvalue weighted by atomic mass is 32.2. The lowest BCUT2D eigenvalue weighted by Crippen LogP contribution is -1.97. The summed E-state index contributed by atoms with van der Waals surface area (Å²) in [5.74, 6) is -0.892. The molecule has 0 aliphatic carbocycles. The number of hydrogen-bond acceptors (Lipinski definition) is 3. The Morgan fingerprint density at radius 1 is 1.54 bits per heavy atom. The highest BCUT2D eigenvalue weighted by molar-refractivity contribution is 8.00. The second-order valence-electron chi connectivity index (χ2n) is 2.29. The third-order valence-electron chi connectivity index (χ3n) is 1.36. The Kier molecular flexibility index (Phi) is 3.35. The summed E-state index contributed by atoms with van der Waals surface area (Å²) in [6, 6.07) is 8.95. The normalized spacial score (nSPS) is 9.15. The van der Waals surface area contributed by atoms with Gasteiger partial charge in [0.2, 0.25) is 0 Å². The van der Waals surface area contributed by atoms with Gasteiger partial charge in [0.05, 0.1) is 11.3 Å². The number of aliphatic carboxylic acids is 1. The van der Waals surface area contributed by atoms with Crippen LogP contribution in [0.5, 0.6) is 0 Å². The molecule has 0 bridgehead atoms. The summed E-state index contributed by atoms with van der Waals surface area (Å²) in [7, 11) is 0. The minimum Gasteiger partial charge on any atom is -0.481 e. The van der Waals surface area contributed by atoms with Crippen molar-refractivity contribution in [3.8, 4) is 6.07 Å². The molecule has 4 heteroatoms. The molecule has 0 unspecified atom stereocenters. The molecule has 0 amide bonds. The van der Waals surface area contributed by atoms with E-state index in [1.54, 1.807) is 24.3 Å². The highest BCUT2D eigenvalue weighted by Crippen LogP contribution is 2.21. The molecule has 0 fully saturated rings. The van der Waals surface area contributed by atoms with Crippen molar-refractivity contribution in [2.45, 2.75) is 4.90 Å². The van der Waals surface area contributed by atoms with Crippen molar-refractivity contribution in [2.24, 2.45) is 0 Å². The first-order valence-electron chi connectivity index (χ1n) is 3.58. The number of nitrogens with zero attached hydrogens (tertiary/aromatic N) is 1. The van der Waals surface area contributed by atoms with E-state index in [1.165, 1.54) is 0 Å². The van der Waals surface area contributed by atoms with E-state index in [0.717, 1.165) is 11.8 Å². The van der Waals surface area contributed by atoms with Gasteiger partial charge in [-0.2, -0.15) is 5.26 Å². The highest BCUT2D eigenvalue weighted by Gasteiger charge is 2.03. The summed E-state index contributed by atoms with van der Waals surface area (Å²) in [6.07, 6.45) is 0. The minimum atomic E-state index is -0.877. The van der Waals surface area contributed by atoms with Gasteiger partial charge in [0.1, 0.15) is 6.07 Å². The fraction of sp³-hybridized carbons (Fsp3) is 0.111. The van der Waals surface area contributed by atoms with Gasteiger partial charge < -0.3 is 5.11 Å². The minimum absolute atomic E-state index is 0.0152. The number of hydrogen-bond donors (Lipinski definition) is 1. The monoisotopic (exact) mass is 193 g/mol. The van der Waals surface area contributed by atoms with Crippen molar-refractivity contribution < 1.29 is 9.90 Å². The van der Waals surface area contributed by atoms with E-state index >= 15 is 0 Å². The Labute approximate surface area is 80.0 Å². The molecule has 0 radical (unpaired) electrons. The third kappa shape index (κ3) is 2.80. The van der Waals surface area contributed by atoms with Crippen LogP contribution in [0.1, 0.15) is 5.56 Å². The van der Waals surface area contributed by atoms with E-state index in [0.29, 0.717) is 10.5 Å². The molecule has 66 valence electrons. The summed E-state index contributed by atoms with van der Waals surface area (Å²) in [6.45, 7) is 0. The van der Waals surface area contributed by atoms with Gasteiger partial charge in [-0.05, 0) is 12.1 Å². The second kappa shape index (κ2) is 4.53. The van der Waals surface area contributed by atoms with Crippen molar-refractivity contribution >= 4 is 17.7 Å². The predicted molar refractivity (Wildman–Crippen MR) is 49.5 cm³/mol. The average Bonchev–Trinajstić information content (AvgIpc) is 2.15. The summed E-state index contributed by atoms with van der Waals surface area (Å²) < 4.78 is 0. The molecule has 3 nitrogen and oxygen atoms in total. The Balaban J connectivity index is 2.77. The van der Waals surface area contributed by atoms with Crippen molar-refractivity contribution in [1.29, 1.82) is 5.26 Å². The Morgan fingerprint density at radius 2 is 2.23 bits per heavy atom. The van der Waals surface area contributed by atoms with Crippen molar-refractivity contribution in [3.63, 3.8) is 0 Å². The molecule has 1 aromatic rings. The maximum atomic E-state index is 10.3. The lowest BCUT2D eigenvalue weighted by molar-refractivity contribution is -0.133. The van der Waals surface area contributed by atoms with Crippen LogP contribution < -0.4 is 0 Å². The standard InChI is InChI=1S/C9H7NO2S/c10-5-7-3-1-2-4-8(7)13-6-9(11)12/h1-4H,6H2,(H,11,12). The first-order valence-corrected chi connectivity index (χ1v) is 4.56. The molecule has 0 spiro atoms. The second-order valence-corrected chi connectivity index (χ2v) is 3.31. The maximum absolute atomic E-state index is 10.3. The van der Waals surface area contributed by atoms with Gasteiger partial charge in [-0.3, -0.25) is 4.79 Å². The summed E-state index contributed by atoms with van der Waals surface area (Å²) >= 11 is 1.16. The van der Waals surface area contributed by atoms with E-state index in [4.69, 9.17) is 10.4 Å². The van der Waals surface area contributed by atoms with Crippen LogP contribution in [0.4, 0.5) is 0 Å². The molecule has 13 heavy (non-hydrogen) atoms.